The number of hydrogen-bond donors (Lipinski definition) is 1. The summed E-state index contributed by atoms with van der Waals surface area (Å²) in [6, 6.07) is 9.47. The molecule has 1 N–H and O–H groups in total. The molecular weight excluding hydrogens is 237 g/mol. The molecule has 1 atom stereocenters. The zero-order valence-electron chi connectivity index (χ0n) is 12.2. The van der Waals surface area contributed by atoms with E-state index >= 15 is 0 Å². The van der Waals surface area contributed by atoms with E-state index in [0.717, 1.165) is 32.1 Å². The molecular formula is C15H24BNO2. The second-order valence-electron chi connectivity index (χ2n) is 4.06. The molecule has 1 heterocycles. The van der Waals surface area contributed by atoms with Crippen molar-refractivity contribution in [2.75, 3.05) is 20.2 Å². The third-order valence-corrected chi connectivity index (χ3v) is 2.88. The van der Waals surface area contributed by atoms with Gasteiger partial charge in [-0.05, 0) is 25.9 Å². The summed E-state index contributed by atoms with van der Waals surface area (Å²) in [6.07, 6.45) is 1.97. The summed E-state index contributed by atoms with van der Waals surface area (Å²) in [5, 5.41) is 7.00. The van der Waals surface area contributed by atoms with Gasteiger partial charge in [-0.25, -0.2) is 0 Å². The Labute approximate surface area is 118 Å². The number of ketones is 1. The fourth-order valence-corrected chi connectivity index (χ4v) is 2.06. The van der Waals surface area contributed by atoms with Crippen LogP contribution in [0.5, 0.6) is 0 Å². The van der Waals surface area contributed by atoms with Crippen LogP contribution < -0.4 is 0 Å². The van der Waals surface area contributed by atoms with E-state index in [9.17, 15) is 4.79 Å². The van der Waals surface area contributed by atoms with Gasteiger partial charge in [-0.15, -0.1) is 0 Å². The van der Waals surface area contributed by atoms with Gasteiger partial charge in [0.2, 0.25) is 0 Å². The van der Waals surface area contributed by atoms with Crippen LogP contribution in [0.3, 0.4) is 0 Å². The maximum Gasteiger partial charge on any atom is 0.182 e. The van der Waals surface area contributed by atoms with E-state index < -0.39 is 0 Å². The predicted octanol–water partition coefficient (Wildman–Crippen LogP) is 2.30. The molecule has 0 saturated carbocycles. The van der Waals surface area contributed by atoms with Gasteiger partial charge < -0.3 is 9.92 Å². The number of benzene rings is 1. The molecule has 1 aliphatic heterocycles. The smallest absolute Gasteiger partial charge is 0.182 e. The number of hydrogen-bond acceptors (Lipinski definition) is 3. The van der Waals surface area contributed by atoms with Crippen LogP contribution in [-0.2, 0) is 0 Å². The highest BCUT2D eigenvalue weighted by Gasteiger charge is 2.24. The van der Waals surface area contributed by atoms with Crippen LogP contribution in [0.25, 0.3) is 0 Å². The number of carbonyl (C=O) groups excluding carboxylic acids is 1. The first kappa shape index (κ1) is 17.9. The second-order valence-corrected chi connectivity index (χ2v) is 4.06. The summed E-state index contributed by atoms with van der Waals surface area (Å²) in [5.41, 5.74) is 0.804. The minimum absolute atomic E-state index is 0.0751. The Balaban J connectivity index is 0.000000741. The first-order chi connectivity index (χ1) is 9.27. The molecule has 2 rings (SSSR count). The Morgan fingerprint density at radius 1 is 1.26 bits per heavy atom. The van der Waals surface area contributed by atoms with Gasteiger partial charge in [0.25, 0.3) is 0 Å². The van der Waals surface area contributed by atoms with Gasteiger partial charge >= 0.3 is 0 Å². The zero-order chi connectivity index (χ0) is 14.7. The standard InChI is InChI=1S/C12H14BNO.C2H6.CH4O/c13-14-8-4-7-11(9-14)12(15)10-5-2-1-3-6-10;2*1-2/h1-3,5-6,11H,4,7-9H2;1-2H3;2H,1H3. The average Bonchev–Trinajstić information content (AvgIpc) is 2.51. The maximum absolute atomic E-state index is 12.1. The lowest BCUT2D eigenvalue weighted by Gasteiger charge is -2.29. The molecule has 2 radical (unpaired) electrons. The number of aliphatic hydroxyl groups is 1. The third-order valence-electron chi connectivity index (χ3n) is 2.88. The van der Waals surface area contributed by atoms with Crippen LogP contribution in [0.15, 0.2) is 30.3 Å². The lowest BCUT2D eigenvalue weighted by molar-refractivity contribution is 0.0872. The fraction of sp³-hybridized carbons (Fsp3) is 0.533. The van der Waals surface area contributed by atoms with Gasteiger partial charge in [-0.3, -0.25) is 4.79 Å². The summed E-state index contributed by atoms with van der Waals surface area (Å²) in [6.45, 7) is 5.59. The number of nitrogens with zero attached hydrogens (tertiary/aromatic N) is 1. The van der Waals surface area contributed by atoms with Crippen molar-refractivity contribution in [3.63, 3.8) is 0 Å². The van der Waals surface area contributed by atoms with Crippen LogP contribution in [-0.4, -0.2) is 43.9 Å². The summed E-state index contributed by atoms with van der Waals surface area (Å²) >= 11 is 0. The Morgan fingerprint density at radius 2 is 1.84 bits per heavy atom. The highest BCUT2D eigenvalue weighted by molar-refractivity contribution is 6.05. The molecule has 1 fully saturated rings. The van der Waals surface area contributed by atoms with Crippen LogP contribution in [0.1, 0.15) is 37.0 Å². The second kappa shape index (κ2) is 10.8. The Hall–Kier alpha value is -1.13. The minimum Gasteiger partial charge on any atom is -0.400 e. The number of rotatable bonds is 2. The summed E-state index contributed by atoms with van der Waals surface area (Å²) in [4.78, 5) is 13.8. The lowest BCUT2D eigenvalue weighted by Crippen LogP contribution is -2.36. The topological polar surface area (TPSA) is 40.5 Å². The number of aliphatic hydroxyl groups excluding tert-OH is 1. The van der Waals surface area contributed by atoms with Crippen LogP contribution in [0, 0.1) is 5.92 Å². The van der Waals surface area contributed by atoms with Gasteiger partial charge in [0.05, 0.1) is 0 Å². The van der Waals surface area contributed by atoms with Crippen molar-refractivity contribution in [2.45, 2.75) is 26.7 Å². The molecule has 0 bridgehead atoms. The minimum atomic E-state index is 0.0751. The van der Waals surface area contributed by atoms with Gasteiger partial charge in [0.15, 0.2) is 13.8 Å². The molecule has 0 spiro atoms. The predicted molar refractivity (Wildman–Crippen MR) is 80.3 cm³/mol. The molecule has 3 nitrogen and oxygen atoms in total. The Bertz CT molecular complexity index is 343. The first-order valence-electron chi connectivity index (χ1n) is 6.81. The van der Waals surface area contributed by atoms with Gasteiger partial charge in [-0.1, -0.05) is 44.2 Å². The Morgan fingerprint density at radius 3 is 2.37 bits per heavy atom. The van der Waals surface area contributed by atoms with Gasteiger partial charge in [0.1, 0.15) is 0 Å². The number of piperidine rings is 1. The van der Waals surface area contributed by atoms with E-state index in [4.69, 9.17) is 13.1 Å². The maximum atomic E-state index is 12.1. The molecule has 1 aliphatic rings. The van der Waals surface area contributed by atoms with E-state index in [1.54, 1.807) is 4.81 Å². The van der Waals surface area contributed by atoms with E-state index in [2.05, 4.69) is 0 Å². The molecule has 1 unspecified atom stereocenters. The number of carbonyl (C=O) groups is 1. The Kier molecular flexibility index (Phi) is 10.1. The van der Waals surface area contributed by atoms with Crippen molar-refractivity contribution in [2.24, 2.45) is 5.92 Å². The van der Waals surface area contributed by atoms with Crippen LogP contribution >= 0.6 is 0 Å². The van der Waals surface area contributed by atoms with Crippen LogP contribution in [0.4, 0.5) is 0 Å². The van der Waals surface area contributed by atoms with Crippen molar-refractivity contribution < 1.29 is 9.90 Å². The molecule has 0 amide bonds. The van der Waals surface area contributed by atoms with Crippen molar-refractivity contribution in [3.05, 3.63) is 35.9 Å². The lowest BCUT2D eigenvalue weighted by atomic mass is 9.89. The van der Waals surface area contributed by atoms with Crippen molar-refractivity contribution >= 4 is 13.8 Å². The van der Waals surface area contributed by atoms with E-state index in [1.807, 2.05) is 44.2 Å². The molecule has 19 heavy (non-hydrogen) atoms. The molecule has 4 heteroatoms. The number of Topliss-reactive ketones (excluding diaryl/α,β-unsaturated/α-hetero) is 1. The fourth-order valence-electron chi connectivity index (χ4n) is 2.06. The highest BCUT2D eigenvalue weighted by atomic mass is 16.2. The third kappa shape index (κ3) is 6.03. The van der Waals surface area contributed by atoms with Crippen molar-refractivity contribution in [3.8, 4) is 0 Å². The molecule has 104 valence electrons. The molecule has 0 aliphatic carbocycles. The summed E-state index contributed by atoms with van der Waals surface area (Å²) in [7, 11) is 6.72. The van der Waals surface area contributed by atoms with Crippen molar-refractivity contribution in [1.82, 2.24) is 4.81 Å². The van der Waals surface area contributed by atoms with E-state index in [0.29, 0.717) is 6.54 Å². The average molecular weight is 261 g/mol. The normalized spacial score (nSPS) is 18.4. The molecule has 1 aromatic carbocycles. The van der Waals surface area contributed by atoms with Crippen molar-refractivity contribution in [1.29, 1.82) is 0 Å². The highest BCUT2D eigenvalue weighted by Crippen LogP contribution is 2.19. The molecule has 1 saturated heterocycles. The molecule has 1 aromatic rings. The zero-order valence-corrected chi connectivity index (χ0v) is 12.2. The largest absolute Gasteiger partial charge is 0.400 e. The van der Waals surface area contributed by atoms with Gasteiger partial charge in [-0.2, -0.15) is 0 Å². The van der Waals surface area contributed by atoms with E-state index in [1.165, 1.54) is 0 Å². The monoisotopic (exact) mass is 261 g/mol. The van der Waals surface area contributed by atoms with Gasteiger partial charge in [0, 0.05) is 18.6 Å². The summed E-state index contributed by atoms with van der Waals surface area (Å²) in [5.74, 6) is 0.303. The van der Waals surface area contributed by atoms with Crippen LogP contribution in [0.2, 0.25) is 0 Å². The first-order valence-corrected chi connectivity index (χ1v) is 6.81. The molecule has 0 aromatic heterocycles. The SMILES string of the molecule is CC.CO.[B]N1CCCC(C(=O)c2ccccc2)C1. The van der Waals surface area contributed by atoms with E-state index in [-0.39, 0.29) is 11.7 Å². The quantitative estimate of drug-likeness (QED) is 0.656. The summed E-state index contributed by atoms with van der Waals surface area (Å²) < 4.78 is 0.